The van der Waals surface area contributed by atoms with E-state index in [1.54, 1.807) is 19.1 Å². The van der Waals surface area contributed by atoms with E-state index in [1.165, 1.54) is 6.07 Å². The normalized spacial score (nSPS) is 13.5. The number of halogens is 4. The number of ether oxygens (including phenoxy) is 2. The van der Waals surface area contributed by atoms with Gasteiger partial charge >= 0.3 is 12.1 Å². The Balaban J connectivity index is 1.78. The second-order valence-electron chi connectivity index (χ2n) is 7.23. The molecule has 1 N–H and O–H groups in total. The lowest BCUT2D eigenvalue weighted by molar-refractivity contribution is -0.148. The summed E-state index contributed by atoms with van der Waals surface area (Å²) in [5.41, 5.74) is -0.720. The number of aliphatic carboxylic acids is 1. The first-order valence-corrected chi connectivity index (χ1v) is 9.87. The minimum atomic E-state index is -4.45. The Bertz CT molecular complexity index is 852. The molecular formula is C22H24ClF3O4. The average molecular weight is 445 g/mol. The molecule has 2 aromatic rings. The molecule has 0 aromatic heterocycles. The van der Waals surface area contributed by atoms with E-state index in [0.717, 1.165) is 17.7 Å². The largest absolute Gasteiger partial charge is 0.493 e. The molecule has 0 saturated carbocycles. The average Bonchev–Trinajstić information content (AvgIpc) is 2.69. The van der Waals surface area contributed by atoms with Crippen molar-refractivity contribution in [3.05, 3.63) is 58.6 Å². The third kappa shape index (κ3) is 6.55. The van der Waals surface area contributed by atoms with Crippen molar-refractivity contribution >= 4 is 17.6 Å². The molecule has 0 heterocycles. The van der Waals surface area contributed by atoms with E-state index in [1.807, 2.05) is 19.1 Å². The van der Waals surface area contributed by atoms with Crippen LogP contribution in [0, 0.1) is 5.41 Å². The number of carboxylic acids is 1. The molecular weight excluding hydrogens is 421 g/mol. The molecule has 2 aromatic carbocycles. The molecule has 0 aliphatic heterocycles. The van der Waals surface area contributed by atoms with Gasteiger partial charge in [0.1, 0.15) is 11.5 Å². The highest BCUT2D eigenvalue weighted by Crippen LogP contribution is 2.34. The first kappa shape index (κ1) is 23.9. The van der Waals surface area contributed by atoms with Crippen molar-refractivity contribution in [2.75, 3.05) is 13.2 Å². The van der Waals surface area contributed by atoms with Gasteiger partial charge in [-0.25, -0.2) is 0 Å². The molecule has 30 heavy (non-hydrogen) atoms. The van der Waals surface area contributed by atoms with Crippen LogP contribution in [-0.4, -0.2) is 24.3 Å². The van der Waals surface area contributed by atoms with Gasteiger partial charge in [0, 0.05) is 6.42 Å². The number of benzene rings is 2. The SMILES string of the molecule is CC[C@@](C)(Cc1ccc(OCCCOc2ccc(C(F)(F)F)cc2Cl)cc1)C(=O)O. The fourth-order valence-electron chi connectivity index (χ4n) is 2.73. The van der Waals surface area contributed by atoms with Gasteiger partial charge in [-0.2, -0.15) is 13.2 Å². The van der Waals surface area contributed by atoms with Gasteiger partial charge in [-0.15, -0.1) is 0 Å². The molecule has 0 bridgehead atoms. The van der Waals surface area contributed by atoms with E-state index in [2.05, 4.69) is 0 Å². The maximum atomic E-state index is 12.6. The summed E-state index contributed by atoms with van der Waals surface area (Å²) in [5.74, 6) is 0.00439. The smallest absolute Gasteiger partial charge is 0.416 e. The van der Waals surface area contributed by atoms with E-state index in [-0.39, 0.29) is 17.4 Å². The van der Waals surface area contributed by atoms with Crippen LogP contribution < -0.4 is 9.47 Å². The van der Waals surface area contributed by atoms with Crippen molar-refractivity contribution in [2.24, 2.45) is 5.41 Å². The summed E-state index contributed by atoms with van der Waals surface area (Å²) in [6.45, 7) is 4.16. The molecule has 8 heteroatoms. The van der Waals surface area contributed by atoms with E-state index >= 15 is 0 Å². The van der Waals surface area contributed by atoms with Crippen molar-refractivity contribution in [3.63, 3.8) is 0 Å². The molecule has 4 nitrogen and oxygen atoms in total. The second kappa shape index (κ2) is 10.1. The summed E-state index contributed by atoms with van der Waals surface area (Å²) in [6.07, 6.45) is -2.98. The molecule has 0 unspecified atom stereocenters. The Morgan fingerprint density at radius 3 is 2.23 bits per heavy atom. The van der Waals surface area contributed by atoms with E-state index in [4.69, 9.17) is 21.1 Å². The summed E-state index contributed by atoms with van der Waals surface area (Å²) in [5, 5.41) is 9.27. The van der Waals surface area contributed by atoms with Gasteiger partial charge in [0.25, 0.3) is 0 Å². The number of rotatable bonds is 10. The van der Waals surface area contributed by atoms with Gasteiger partial charge < -0.3 is 14.6 Å². The van der Waals surface area contributed by atoms with Gasteiger partial charge in [-0.05, 0) is 55.7 Å². The zero-order valence-corrected chi connectivity index (χ0v) is 17.5. The van der Waals surface area contributed by atoms with Crippen LogP contribution in [0.15, 0.2) is 42.5 Å². The van der Waals surface area contributed by atoms with E-state index < -0.39 is 23.1 Å². The number of alkyl halides is 3. The molecule has 0 aliphatic carbocycles. The Kier molecular flexibility index (Phi) is 8.01. The standard InChI is InChI=1S/C22H24ClF3O4/c1-3-21(2,20(27)28)14-15-5-8-17(9-6-15)29-11-4-12-30-19-10-7-16(13-18(19)23)22(24,25)26/h5-10,13H,3-4,11-12,14H2,1-2H3,(H,27,28)/t21-/m0/s1. The summed E-state index contributed by atoms with van der Waals surface area (Å²) in [4.78, 5) is 11.4. The van der Waals surface area contributed by atoms with E-state index in [9.17, 15) is 23.1 Å². The zero-order valence-electron chi connectivity index (χ0n) is 16.8. The predicted molar refractivity (Wildman–Crippen MR) is 108 cm³/mol. The Hall–Kier alpha value is -2.41. The fourth-order valence-corrected chi connectivity index (χ4v) is 2.97. The highest BCUT2D eigenvalue weighted by Gasteiger charge is 2.31. The van der Waals surface area contributed by atoms with Gasteiger partial charge in [0.05, 0.1) is 29.2 Å². The minimum absolute atomic E-state index is 0.0956. The van der Waals surface area contributed by atoms with Crippen molar-refractivity contribution in [1.82, 2.24) is 0 Å². The summed E-state index contributed by atoms with van der Waals surface area (Å²) >= 11 is 5.84. The van der Waals surface area contributed by atoms with Gasteiger partial charge in [-0.1, -0.05) is 30.7 Å². The van der Waals surface area contributed by atoms with Gasteiger partial charge in [0.15, 0.2) is 0 Å². The number of hydrogen-bond acceptors (Lipinski definition) is 3. The number of carbonyl (C=O) groups is 1. The van der Waals surface area contributed by atoms with Crippen LogP contribution in [-0.2, 0) is 17.4 Å². The second-order valence-corrected chi connectivity index (χ2v) is 7.64. The molecule has 0 aliphatic rings. The van der Waals surface area contributed by atoms with Crippen LogP contribution in [0.1, 0.15) is 37.8 Å². The summed E-state index contributed by atoms with van der Waals surface area (Å²) in [7, 11) is 0. The molecule has 0 radical (unpaired) electrons. The first-order valence-electron chi connectivity index (χ1n) is 9.50. The van der Waals surface area contributed by atoms with Crippen LogP contribution in [0.5, 0.6) is 11.5 Å². The zero-order chi connectivity index (χ0) is 22.4. The molecule has 0 amide bonds. The maximum Gasteiger partial charge on any atom is 0.416 e. The highest BCUT2D eigenvalue weighted by atomic mass is 35.5. The molecule has 2 rings (SSSR count). The van der Waals surface area contributed by atoms with Crippen LogP contribution in [0.3, 0.4) is 0 Å². The number of hydrogen-bond donors (Lipinski definition) is 1. The lowest BCUT2D eigenvalue weighted by Gasteiger charge is -2.23. The highest BCUT2D eigenvalue weighted by molar-refractivity contribution is 6.32. The molecule has 1 atom stereocenters. The summed E-state index contributed by atoms with van der Waals surface area (Å²) < 4.78 is 48.9. The third-order valence-corrected chi connectivity index (χ3v) is 5.18. The molecule has 164 valence electrons. The minimum Gasteiger partial charge on any atom is -0.493 e. The van der Waals surface area contributed by atoms with Crippen molar-refractivity contribution < 1.29 is 32.5 Å². The molecule has 0 spiro atoms. The topological polar surface area (TPSA) is 55.8 Å². The van der Waals surface area contributed by atoms with Crippen molar-refractivity contribution in [3.8, 4) is 11.5 Å². The summed E-state index contributed by atoms with van der Waals surface area (Å²) in [6, 6.07) is 10.2. The van der Waals surface area contributed by atoms with Crippen molar-refractivity contribution in [1.29, 1.82) is 0 Å². The first-order chi connectivity index (χ1) is 14.0. The van der Waals surface area contributed by atoms with Crippen LogP contribution >= 0.6 is 11.6 Å². The monoisotopic (exact) mass is 444 g/mol. The molecule has 0 fully saturated rings. The van der Waals surface area contributed by atoms with E-state index in [0.29, 0.717) is 31.6 Å². The van der Waals surface area contributed by atoms with Gasteiger partial charge in [-0.3, -0.25) is 4.79 Å². The third-order valence-electron chi connectivity index (χ3n) is 4.89. The number of carboxylic acid groups (broad SMARTS) is 1. The lowest BCUT2D eigenvalue weighted by Crippen LogP contribution is -2.29. The van der Waals surface area contributed by atoms with Crippen molar-refractivity contribution in [2.45, 2.75) is 39.3 Å². The van der Waals surface area contributed by atoms with Crippen LogP contribution in [0.4, 0.5) is 13.2 Å². The Labute approximate surface area is 178 Å². The Morgan fingerprint density at radius 1 is 1.07 bits per heavy atom. The fraction of sp³-hybridized carbons (Fsp3) is 0.409. The maximum absolute atomic E-state index is 12.6. The van der Waals surface area contributed by atoms with Crippen LogP contribution in [0.2, 0.25) is 5.02 Å². The van der Waals surface area contributed by atoms with Crippen LogP contribution in [0.25, 0.3) is 0 Å². The lowest BCUT2D eigenvalue weighted by atomic mass is 9.81. The van der Waals surface area contributed by atoms with Gasteiger partial charge in [0.2, 0.25) is 0 Å². The quantitative estimate of drug-likeness (QED) is 0.440. The molecule has 0 saturated heterocycles. The predicted octanol–water partition coefficient (Wildman–Crippen LogP) is 6.25. The Morgan fingerprint density at radius 2 is 1.70 bits per heavy atom.